The van der Waals surface area contributed by atoms with Crippen molar-refractivity contribution < 1.29 is 14.3 Å². The molecule has 0 radical (unpaired) electrons. The molecule has 0 saturated carbocycles. The van der Waals surface area contributed by atoms with Gasteiger partial charge in [-0.1, -0.05) is 49.7 Å². The summed E-state index contributed by atoms with van der Waals surface area (Å²) in [6.45, 7) is 4.50. The second-order valence-corrected chi connectivity index (χ2v) is 8.53. The number of halogens is 1. The Hall–Kier alpha value is -3.16. The Morgan fingerprint density at radius 3 is 2.50 bits per heavy atom. The van der Waals surface area contributed by atoms with Crippen LogP contribution in [-0.4, -0.2) is 28.7 Å². The van der Waals surface area contributed by atoms with Gasteiger partial charge < -0.3 is 15.4 Å². The van der Waals surface area contributed by atoms with Crippen molar-refractivity contribution in [1.82, 2.24) is 9.78 Å². The van der Waals surface area contributed by atoms with Crippen LogP contribution in [0.2, 0.25) is 5.02 Å². The molecule has 1 unspecified atom stereocenters. The predicted molar refractivity (Wildman–Crippen MR) is 125 cm³/mol. The van der Waals surface area contributed by atoms with Crippen LogP contribution in [0.25, 0.3) is 11.1 Å². The number of hydrogen-bond acceptors (Lipinski definition) is 4. The fourth-order valence-electron chi connectivity index (χ4n) is 3.81. The van der Waals surface area contributed by atoms with Crippen molar-refractivity contribution in [2.75, 3.05) is 17.7 Å². The van der Waals surface area contributed by atoms with Gasteiger partial charge >= 0.3 is 0 Å². The lowest BCUT2D eigenvalue weighted by Crippen LogP contribution is -2.24. The summed E-state index contributed by atoms with van der Waals surface area (Å²) < 4.78 is 6.89. The fourth-order valence-corrected chi connectivity index (χ4v) is 3.94. The van der Waals surface area contributed by atoms with Crippen molar-refractivity contribution in [2.24, 2.45) is 0 Å². The summed E-state index contributed by atoms with van der Waals surface area (Å²) in [7, 11) is 1.59. The van der Waals surface area contributed by atoms with Gasteiger partial charge in [-0.05, 0) is 41.3 Å². The average Bonchev–Trinajstić information content (AvgIpc) is 3.24. The Bertz CT molecular complexity index is 1140. The quantitative estimate of drug-likeness (QED) is 0.528. The summed E-state index contributed by atoms with van der Waals surface area (Å²) >= 11 is 6.03. The van der Waals surface area contributed by atoms with Gasteiger partial charge in [-0.3, -0.25) is 9.59 Å². The zero-order chi connectivity index (χ0) is 22.8. The van der Waals surface area contributed by atoms with Gasteiger partial charge in [0.05, 0.1) is 18.7 Å². The molecule has 166 valence electrons. The highest BCUT2D eigenvalue weighted by atomic mass is 35.5. The maximum Gasteiger partial charge on any atom is 0.251 e. The Morgan fingerprint density at radius 2 is 1.88 bits per heavy atom. The minimum atomic E-state index is -0.739. The molecule has 0 spiro atoms. The van der Waals surface area contributed by atoms with Crippen molar-refractivity contribution in [3.8, 4) is 11.1 Å². The van der Waals surface area contributed by atoms with E-state index < -0.39 is 6.04 Å². The van der Waals surface area contributed by atoms with E-state index in [1.54, 1.807) is 23.9 Å². The van der Waals surface area contributed by atoms with E-state index in [1.807, 2.05) is 36.4 Å². The number of carbonyl (C=O) groups excluding carboxylic acids is 2. The van der Waals surface area contributed by atoms with Crippen LogP contribution < -0.4 is 10.6 Å². The molecule has 1 aliphatic rings. The molecule has 1 aliphatic heterocycles. The molecule has 0 fully saturated rings. The first-order valence-corrected chi connectivity index (χ1v) is 10.8. The minimum Gasteiger partial charge on any atom is -0.378 e. The summed E-state index contributed by atoms with van der Waals surface area (Å²) in [5, 5.41) is 11.0. The third kappa shape index (κ3) is 4.40. The molecule has 2 aromatic carbocycles. The number of rotatable bonds is 7. The molecule has 1 atom stereocenters. The molecular weight excluding hydrogens is 428 g/mol. The smallest absolute Gasteiger partial charge is 0.251 e. The molecule has 8 heteroatoms. The highest BCUT2D eigenvalue weighted by molar-refractivity contribution is 6.30. The van der Waals surface area contributed by atoms with Crippen molar-refractivity contribution in [3.63, 3.8) is 0 Å². The lowest BCUT2D eigenvalue weighted by Gasteiger charge is -2.11. The molecule has 0 bridgehead atoms. The van der Waals surface area contributed by atoms with E-state index in [0.29, 0.717) is 28.1 Å². The summed E-state index contributed by atoms with van der Waals surface area (Å²) in [4.78, 5) is 25.4. The number of carbonyl (C=O) groups is 2. The predicted octanol–water partition coefficient (Wildman–Crippen LogP) is 5.00. The number of anilines is 2. The Balaban J connectivity index is 1.57. The fraction of sp³-hybridized carbons (Fsp3) is 0.292. The topological polar surface area (TPSA) is 85.2 Å². The van der Waals surface area contributed by atoms with E-state index in [0.717, 1.165) is 11.1 Å². The van der Waals surface area contributed by atoms with Gasteiger partial charge in [0.2, 0.25) is 5.91 Å². The summed E-state index contributed by atoms with van der Waals surface area (Å²) in [6.07, 6.45) is -0.0288. The maximum atomic E-state index is 12.7. The van der Waals surface area contributed by atoms with E-state index >= 15 is 0 Å². The van der Waals surface area contributed by atoms with E-state index in [-0.39, 0.29) is 24.8 Å². The molecule has 2 heterocycles. The molecule has 3 aromatic rings. The van der Waals surface area contributed by atoms with Crippen LogP contribution in [0.4, 0.5) is 11.5 Å². The maximum absolute atomic E-state index is 12.7. The molecule has 0 aliphatic carbocycles. The third-order valence-electron chi connectivity index (χ3n) is 5.48. The lowest BCUT2D eigenvalue weighted by atomic mass is 10.0. The van der Waals surface area contributed by atoms with Crippen LogP contribution >= 0.6 is 11.6 Å². The van der Waals surface area contributed by atoms with Crippen molar-refractivity contribution in [3.05, 3.63) is 64.8 Å². The van der Waals surface area contributed by atoms with E-state index in [1.165, 1.54) is 5.56 Å². The number of nitrogens with zero attached hydrogens (tertiary/aromatic N) is 2. The summed E-state index contributed by atoms with van der Waals surface area (Å²) in [5.41, 5.74) is 4.20. The second kappa shape index (κ2) is 9.14. The van der Waals surface area contributed by atoms with Gasteiger partial charge in [0.15, 0.2) is 0 Å². The first kappa shape index (κ1) is 22.0. The van der Waals surface area contributed by atoms with E-state index in [9.17, 15) is 9.59 Å². The molecule has 4 rings (SSSR count). The average molecular weight is 453 g/mol. The van der Waals surface area contributed by atoms with E-state index in [2.05, 4.69) is 29.6 Å². The van der Waals surface area contributed by atoms with Crippen LogP contribution in [0, 0.1) is 0 Å². The van der Waals surface area contributed by atoms with Crippen molar-refractivity contribution in [2.45, 2.75) is 38.8 Å². The van der Waals surface area contributed by atoms with Crippen LogP contribution in [0.3, 0.4) is 0 Å². The first-order valence-electron chi connectivity index (χ1n) is 10.4. The van der Waals surface area contributed by atoms with Gasteiger partial charge in [0, 0.05) is 23.4 Å². The Kier molecular flexibility index (Phi) is 6.30. The highest BCUT2D eigenvalue weighted by Crippen LogP contribution is 2.39. The number of hydrogen-bond donors (Lipinski definition) is 2. The first-order chi connectivity index (χ1) is 15.4. The van der Waals surface area contributed by atoms with Crippen LogP contribution in [0.15, 0.2) is 48.5 Å². The number of fused-ring (bicyclic) bond motifs is 1. The number of nitrogens with one attached hydrogen (secondary N) is 2. The molecule has 32 heavy (non-hydrogen) atoms. The zero-order valence-electron chi connectivity index (χ0n) is 18.2. The van der Waals surface area contributed by atoms with Gasteiger partial charge in [-0.2, -0.15) is 5.10 Å². The van der Waals surface area contributed by atoms with Crippen LogP contribution in [-0.2, 0) is 20.9 Å². The van der Waals surface area contributed by atoms with Crippen LogP contribution in [0.1, 0.15) is 43.5 Å². The van der Waals surface area contributed by atoms with E-state index in [4.69, 9.17) is 16.3 Å². The summed E-state index contributed by atoms with van der Waals surface area (Å²) in [6, 6.07) is 14.3. The number of ether oxygens (including phenoxy) is 1. The van der Waals surface area contributed by atoms with Gasteiger partial charge in [-0.15, -0.1) is 0 Å². The largest absolute Gasteiger partial charge is 0.378 e. The lowest BCUT2D eigenvalue weighted by molar-refractivity contribution is -0.123. The van der Waals surface area contributed by atoms with Crippen molar-refractivity contribution >= 4 is 34.9 Å². The standard InChI is InChI=1S/C24H25ClN4O3/c1-14(2)15-6-10-18(11-7-15)26-21(30)12-20-24(31)27-23-22(16-4-8-17(25)9-5-16)19(13-32-3)28-29(20)23/h4-11,14,20H,12-13H2,1-3H3,(H,26,30)(H,27,31). The SMILES string of the molecule is COCc1nn2c(c1-c1ccc(Cl)cc1)NC(=O)C2CC(=O)Nc1ccc(C(C)C)cc1. The Labute approximate surface area is 191 Å². The Morgan fingerprint density at radius 1 is 1.19 bits per heavy atom. The molecule has 2 N–H and O–H groups in total. The second-order valence-electron chi connectivity index (χ2n) is 8.09. The highest BCUT2D eigenvalue weighted by Gasteiger charge is 2.37. The number of methoxy groups -OCH3 is 1. The van der Waals surface area contributed by atoms with Gasteiger partial charge in [0.25, 0.3) is 5.91 Å². The number of aromatic nitrogens is 2. The van der Waals surface area contributed by atoms with Gasteiger partial charge in [0.1, 0.15) is 11.9 Å². The summed E-state index contributed by atoms with van der Waals surface area (Å²) in [5.74, 6) is 0.448. The third-order valence-corrected chi connectivity index (χ3v) is 5.73. The zero-order valence-corrected chi connectivity index (χ0v) is 18.9. The normalized spacial score (nSPS) is 15.0. The minimum absolute atomic E-state index is 0.0288. The number of amides is 2. The number of benzene rings is 2. The molecular formula is C24H25ClN4O3. The molecule has 7 nitrogen and oxygen atoms in total. The molecule has 0 saturated heterocycles. The van der Waals surface area contributed by atoms with Crippen molar-refractivity contribution in [1.29, 1.82) is 0 Å². The molecule has 2 amide bonds. The van der Waals surface area contributed by atoms with Crippen LogP contribution in [0.5, 0.6) is 0 Å². The van der Waals surface area contributed by atoms with Gasteiger partial charge in [-0.25, -0.2) is 4.68 Å². The monoisotopic (exact) mass is 452 g/mol. The molecule has 1 aromatic heterocycles.